The summed E-state index contributed by atoms with van der Waals surface area (Å²) in [7, 11) is 0. The smallest absolute Gasteiger partial charge is 0.159 e. The predicted octanol–water partition coefficient (Wildman–Crippen LogP) is 7.57. The van der Waals surface area contributed by atoms with Crippen molar-refractivity contribution in [1.82, 2.24) is 9.97 Å². The summed E-state index contributed by atoms with van der Waals surface area (Å²) in [5.74, 6) is 0.770. The van der Waals surface area contributed by atoms with Gasteiger partial charge in [-0.1, -0.05) is 72.8 Å². The minimum atomic E-state index is 0.770. The summed E-state index contributed by atoms with van der Waals surface area (Å²) in [4.78, 5) is 9.57. The van der Waals surface area contributed by atoms with Crippen LogP contribution in [0.4, 0.5) is 0 Å². The van der Waals surface area contributed by atoms with Crippen LogP contribution in [0, 0.1) is 0 Å². The van der Waals surface area contributed by atoms with Gasteiger partial charge in [-0.3, -0.25) is 0 Å². The van der Waals surface area contributed by atoms with Gasteiger partial charge in [-0.05, 0) is 74.7 Å². The molecule has 0 spiro atoms. The molecule has 2 nitrogen and oxygen atoms in total. The molecule has 7 rings (SSSR count). The summed E-state index contributed by atoms with van der Waals surface area (Å²) >= 11 is 0. The van der Waals surface area contributed by atoms with Crippen molar-refractivity contribution in [2.24, 2.45) is 0 Å². The molecule has 1 heterocycles. The van der Waals surface area contributed by atoms with E-state index in [4.69, 9.17) is 9.97 Å². The summed E-state index contributed by atoms with van der Waals surface area (Å²) in [5, 5.41) is 2.52. The van der Waals surface area contributed by atoms with E-state index < -0.39 is 0 Å². The largest absolute Gasteiger partial charge is 0.236 e. The molecule has 1 aromatic heterocycles. The molecular formula is C30H20N2. The molecule has 2 aliphatic rings. The van der Waals surface area contributed by atoms with Crippen LogP contribution in [0.1, 0.15) is 17.5 Å². The average molecular weight is 409 g/mol. The third kappa shape index (κ3) is 2.53. The van der Waals surface area contributed by atoms with E-state index in [0.29, 0.717) is 0 Å². The second kappa shape index (κ2) is 6.73. The van der Waals surface area contributed by atoms with Gasteiger partial charge in [0.05, 0.1) is 0 Å². The lowest BCUT2D eigenvalue weighted by atomic mass is 9.94. The van der Waals surface area contributed by atoms with Crippen molar-refractivity contribution in [3.05, 3.63) is 102 Å². The topological polar surface area (TPSA) is 25.8 Å². The van der Waals surface area contributed by atoms with E-state index in [1.807, 2.05) is 12.4 Å². The zero-order chi connectivity index (χ0) is 21.1. The van der Waals surface area contributed by atoms with Gasteiger partial charge >= 0.3 is 0 Å². The van der Waals surface area contributed by atoms with Crippen LogP contribution in [0.15, 0.2) is 91.3 Å². The predicted molar refractivity (Wildman–Crippen MR) is 132 cm³/mol. The fourth-order valence-electron chi connectivity index (χ4n) is 5.23. The van der Waals surface area contributed by atoms with Crippen molar-refractivity contribution in [2.45, 2.75) is 12.8 Å². The molecule has 2 aliphatic carbocycles. The van der Waals surface area contributed by atoms with Crippen molar-refractivity contribution < 1.29 is 0 Å². The molecule has 0 bridgehead atoms. The molecule has 0 fully saturated rings. The first kappa shape index (κ1) is 17.6. The van der Waals surface area contributed by atoms with Crippen LogP contribution in [-0.2, 0) is 6.42 Å². The number of aromatic nitrogens is 2. The molecule has 5 aromatic rings. The number of nitrogens with zero attached hydrogens (tertiary/aromatic N) is 2. The third-order valence-electron chi connectivity index (χ3n) is 6.80. The van der Waals surface area contributed by atoms with Gasteiger partial charge < -0.3 is 0 Å². The van der Waals surface area contributed by atoms with Crippen molar-refractivity contribution in [1.29, 1.82) is 0 Å². The van der Waals surface area contributed by atoms with Crippen LogP contribution in [0.25, 0.3) is 61.6 Å². The monoisotopic (exact) mass is 408 g/mol. The minimum absolute atomic E-state index is 0.770. The Hall–Kier alpha value is -4.04. The van der Waals surface area contributed by atoms with E-state index in [2.05, 4.69) is 84.9 Å². The fraction of sp³-hybridized carbons (Fsp3) is 0.0667. The lowest BCUT2D eigenvalue weighted by Crippen LogP contribution is -1.95. The van der Waals surface area contributed by atoms with Gasteiger partial charge in [0, 0.05) is 23.5 Å². The maximum Gasteiger partial charge on any atom is 0.159 e. The summed E-state index contributed by atoms with van der Waals surface area (Å²) in [5.41, 5.74) is 11.2. The lowest BCUT2D eigenvalue weighted by molar-refractivity contribution is 0.986. The molecular weight excluding hydrogens is 388 g/mol. The minimum Gasteiger partial charge on any atom is -0.236 e. The van der Waals surface area contributed by atoms with Crippen LogP contribution in [-0.4, -0.2) is 9.97 Å². The van der Waals surface area contributed by atoms with Crippen LogP contribution in [0.5, 0.6) is 0 Å². The molecule has 2 heteroatoms. The molecule has 0 unspecified atom stereocenters. The zero-order valence-electron chi connectivity index (χ0n) is 17.5. The Morgan fingerprint density at radius 1 is 0.625 bits per heavy atom. The Morgan fingerprint density at radius 2 is 1.38 bits per heavy atom. The first-order chi connectivity index (χ1) is 15.9. The standard InChI is InChI=1S/C30H20N2/c1-2-7-20-16-21(13-12-19(20)6-1)22-17-31-30(32-18-22)28-15-14-27-24-9-4-3-8-23(24)25-10-5-11-26(28)29(25)27/h2-5,7-18H,1,6H2. The number of hydrogen-bond donors (Lipinski definition) is 0. The summed E-state index contributed by atoms with van der Waals surface area (Å²) in [6, 6.07) is 26.3. The van der Waals surface area contributed by atoms with E-state index in [9.17, 15) is 0 Å². The second-order valence-electron chi connectivity index (χ2n) is 8.58. The SMILES string of the molecule is C1=Cc2cc(-c3cnc(-c4ccc5c6c(cccc46)-c4ccccc4-5)nc3)ccc2CC1. The molecule has 0 radical (unpaired) electrons. The number of allylic oxidation sites excluding steroid dienone is 1. The Balaban J connectivity index is 1.33. The highest BCUT2D eigenvalue weighted by molar-refractivity contribution is 6.18. The highest BCUT2D eigenvalue weighted by Crippen LogP contribution is 2.48. The molecule has 0 atom stereocenters. The maximum absolute atomic E-state index is 4.79. The van der Waals surface area contributed by atoms with E-state index in [1.165, 1.54) is 44.2 Å². The van der Waals surface area contributed by atoms with Gasteiger partial charge in [-0.15, -0.1) is 0 Å². The van der Waals surface area contributed by atoms with Gasteiger partial charge in [0.1, 0.15) is 0 Å². The lowest BCUT2D eigenvalue weighted by Gasteiger charge is -2.12. The first-order valence-corrected chi connectivity index (χ1v) is 11.1. The number of benzene rings is 4. The molecule has 4 aromatic carbocycles. The van der Waals surface area contributed by atoms with Gasteiger partial charge in [-0.2, -0.15) is 0 Å². The molecule has 0 saturated heterocycles. The van der Waals surface area contributed by atoms with Gasteiger partial charge in [0.2, 0.25) is 0 Å². The van der Waals surface area contributed by atoms with Crippen LogP contribution in [0.3, 0.4) is 0 Å². The fourth-order valence-corrected chi connectivity index (χ4v) is 5.23. The van der Waals surface area contributed by atoms with Gasteiger partial charge in [0.25, 0.3) is 0 Å². The summed E-state index contributed by atoms with van der Waals surface area (Å²) in [6.07, 6.45) is 10.6. The van der Waals surface area contributed by atoms with E-state index in [1.54, 1.807) is 0 Å². The maximum atomic E-state index is 4.79. The first-order valence-electron chi connectivity index (χ1n) is 11.1. The number of hydrogen-bond acceptors (Lipinski definition) is 2. The van der Waals surface area contributed by atoms with Gasteiger partial charge in [0.15, 0.2) is 5.82 Å². The number of fused-ring (bicyclic) bond motifs is 4. The van der Waals surface area contributed by atoms with Crippen molar-refractivity contribution in [2.75, 3.05) is 0 Å². The molecule has 0 saturated carbocycles. The Morgan fingerprint density at radius 3 is 2.22 bits per heavy atom. The van der Waals surface area contributed by atoms with Crippen molar-refractivity contribution in [3.63, 3.8) is 0 Å². The van der Waals surface area contributed by atoms with Crippen molar-refractivity contribution in [3.8, 4) is 44.8 Å². The van der Waals surface area contributed by atoms with Crippen molar-refractivity contribution >= 4 is 16.8 Å². The highest BCUT2D eigenvalue weighted by atomic mass is 14.9. The molecule has 150 valence electrons. The summed E-state index contributed by atoms with van der Waals surface area (Å²) in [6.45, 7) is 0. The zero-order valence-corrected chi connectivity index (χ0v) is 17.5. The molecule has 0 amide bonds. The molecule has 0 N–H and O–H groups in total. The quantitative estimate of drug-likeness (QED) is 0.295. The third-order valence-corrected chi connectivity index (χ3v) is 6.80. The highest BCUT2D eigenvalue weighted by Gasteiger charge is 2.22. The normalized spacial score (nSPS) is 13.2. The summed E-state index contributed by atoms with van der Waals surface area (Å²) < 4.78 is 0. The Labute approximate surface area is 186 Å². The second-order valence-corrected chi connectivity index (χ2v) is 8.58. The van der Waals surface area contributed by atoms with E-state index >= 15 is 0 Å². The molecule has 0 aliphatic heterocycles. The van der Waals surface area contributed by atoms with Gasteiger partial charge in [-0.25, -0.2) is 9.97 Å². The Kier molecular flexibility index (Phi) is 3.71. The van der Waals surface area contributed by atoms with Crippen LogP contribution in [0.2, 0.25) is 0 Å². The van der Waals surface area contributed by atoms with Crippen LogP contribution >= 0.6 is 0 Å². The Bertz CT molecular complexity index is 1530. The van der Waals surface area contributed by atoms with E-state index in [0.717, 1.165) is 35.4 Å². The van der Waals surface area contributed by atoms with E-state index in [-0.39, 0.29) is 0 Å². The van der Waals surface area contributed by atoms with Crippen LogP contribution < -0.4 is 0 Å². The average Bonchev–Trinajstić information content (AvgIpc) is 3.20. The molecule has 32 heavy (non-hydrogen) atoms. The number of rotatable bonds is 2. The number of aryl methyl sites for hydroxylation is 1.